The molecule has 0 aromatic heterocycles. The van der Waals surface area contributed by atoms with Gasteiger partial charge < -0.3 is 14.9 Å². The highest BCUT2D eigenvalue weighted by molar-refractivity contribution is 4.79. The highest BCUT2D eigenvalue weighted by Crippen LogP contribution is 1.98. The fourth-order valence-corrected chi connectivity index (χ4v) is 1.02. The van der Waals surface area contributed by atoms with Gasteiger partial charge in [-0.3, -0.25) is 0 Å². The zero-order valence-electron chi connectivity index (χ0n) is 8.98. The van der Waals surface area contributed by atoms with E-state index in [9.17, 15) is 0 Å². The van der Waals surface area contributed by atoms with Gasteiger partial charge >= 0.3 is 0 Å². The van der Waals surface area contributed by atoms with E-state index in [1.807, 2.05) is 0 Å². The molecule has 3 heteroatoms. The number of ether oxygens (including phenoxy) is 1. The molecule has 0 radical (unpaired) electrons. The second-order valence-corrected chi connectivity index (χ2v) is 3.29. The second kappa shape index (κ2) is 10.7. The predicted octanol–water partition coefficient (Wildman–Crippen LogP) is 1.49. The van der Waals surface area contributed by atoms with E-state index in [1.54, 1.807) is 0 Å². The van der Waals surface area contributed by atoms with Gasteiger partial charge in [-0.25, -0.2) is 0 Å². The van der Waals surface area contributed by atoms with Gasteiger partial charge in [-0.15, -0.1) is 0 Å². The summed E-state index contributed by atoms with van der Waals surface area (Å²) in [5, 5.41) is 17.4. The Balaban J connectivity index is 3.02. The van der Waals surface area contributed by atoms with Gasteiger partial charge in [0.25, 0.3) is 0 Å². The van der Waals surface area contributed by atoms with Crippen LogP contribution in [0.15, 0.2) is 12.2 Å². The number of aliphatic hydroxyl groups is 2. The Morgan fingerprint density at radius 3 is 2.71 bits per heavy atom. The van der Waals surface area contributed by atoms with E-state index >= 15 is 0 Å². The SMILES string of the molecule is CC/C=C/CCCCOCC(O)CO. The van der Waals surface area contributed by atoms with E-state index in [0.717, 1.165) is 25.7 Å². The molecule has 0 rings (SSSR count). The van der Waals surface area contributed by atoms with Crippen molar-refractivity contribution < 1.29 is 14.9 Å². The van der Waals surface area contributed by atoms with Crippen LogP contribution in [0.25, 0.3) is 0 Å². The maximum atomic E-state index is 8.94. The van der Waals surface area contributed by atoms with Gasteiger partial charge in [0, 0.05) is 6.61 Å². The molecular weight excluding hydrogens is 180 g/mol. The molecule has 0 aromatic carbocycles. The molecule has 0 saturated carbocycles. The monoisotopic (exact) mass is 202 g/mol. The molecule has 0 aliphatic carbocycles. The van der Waals surface area contributed by atoms with Crippen molar-refractivity contribution in [2.24, 2.45) is 0 Å². The molecular formula is C11H22O3. The topological polar surface area (TPSA) is 49.7 Å². The van der Waals surface area contributed by atoms with Crippen molar-refractivity contribution in [1.29, 1.82) is 0 Å². The molecule has 0 fully saturated rings. The van der Waals surface area contributed by atoms with Crippen LogP contribution in [-0.4, -0.2) is 36.1 Å². The van der Waals surface area contributed by atoms with Gasteiger partial charge in [-0.2, -0.15) is 0 Å². The Labute approximate surface area is 86.4 Å². The molecule has 0 aliphatic rings. The van der Waals surface area contributed by atoms with E-state index in [-0.39, 0.29) is 13.2 Å². The van der Waals surface area contributed by atoms with Crippen LogP contribution in [0.5, 0.6) is 0 Å². The fourth-order valence-electron chi connectivity index (χ4n) is 1.02. The normalized spacial score (nSPS) is 13.6. The summed E-state index contributed by atoms with van der Waals surface area (Å²) in [5.41, 5.74) is 0. The van der Waals surface area contributed by atoms with Crippen LogP contribution in [0.2, 0.25) is 0 Å². The lowest BCUT2D eigenvalue weighted by Gasteiger charge is -2.07. The molecule has 2 N–H and O–H groups in total. The summed E-state index contributed by atoms with van der Waals surface area (Å²) in [5.74, 6) is 0. The molecule has 0 heterocycles. The molecule has 0 bridgehead atoms. The smallest absolute Gasteiger partial charge is 0.100 e. The van der Waals surface area contributed by atoms with Gasteiger partial charge in [0.1, 0.15) is 6.10 Å². The third kappa shape index (κ3) is 9.71. The quantitative estimate of drug-likeness (QED) is 0.440. The number of aliphatic hydroxyl groups excluding tert-OH is 2. The summed E-state index contributed by atoms with van der Waals surface area (Å²) in [7, 11) is 0. The van der Waals surface area contributed by atoms with Crippen molar-refractivity contribution in [3.8, 4) is 0 Å². The van der Waals surface area contributed by atoms with Crippen LogP contribution in [0.3, 0.4) is 0 Å². The minimum absolute atomic E-state index is 0.223. The van der Waals surface area contributed by atoms with Crippen LogP contribution in [-0.2, 0) is 4.74 Å². The Hall–Kier alpha value is -0.380. The molecule has 14 heavy (non-hydrogen) atoms. The summed E-state index contributed by atoms with van der Waals surface area (Å²) in [6, 6.07) is 0. The molecule has 1 unspecified atom stereocenters. The first-order chi connectivity index (χ1) is 6.81. The third-order valence-corrected chi connectivity index (χ3v) is 1.83. The molecule has 0 saturated heterocycles. The average molecular weight is 202 g/mol. The van der Waals surface area contributed by atoms with E-state index in [2.05, 4.69) is 19.1 Å². The third-order valence-electron chi connectivity index (χ3n) is 1.83. The van der Waals surface area contributed by atoms with Crippen LogP contribution >= 0.6 is 0 Å². The van der Waals surface area contributed by atoms with Crippen molar-refractivity contribution in [3.05, 3.63) is 12.2 Å². The lowest BCUT2D eigenvalue weighted by molar-refractivity contribution is 0.00541. The minimum Gasteiger partial charge on any atom is -0.394 e. The van der Waals surface area contributed by atoms with Crippen LogP contribution in [0.4, 0.5) is 0 Å². The van der Waals surface area contributed by atoms with E-state index in [1.165, 1.54) is 0 Å². The molecule has 0 spiro atoms. The Morgan fingerprint density at radius 2 is 2.07 bits per heavy atom. The number of unbranched alkanes of at least 4 members (excludes halogenated alkanes) is 2. The lowest BCUT2D eigenvalue weighted by Crippen LogP contribution is -2.19. The van der Waals surface area contributed by atoms with E-state index in [0.29, 0.717) is 6.61 Å². The number of hydrogen-bond acceptors (Lipinski definition) is 3. The molecule has 84 valence electrons. The van der Waals surface area contributed by atoms with Crippen molar-refractivity contribution >= 4 is 0 Å². The number of hydrogen-bond donors (Lipinski definition) is 2. The molecule has 0 aromatic rings. The standard InChI is InChI=1S/C11H22O3/c1-2-3-4-5-6-7-8-14-10-11(13)9-12/h3-4,11-13H,2,5-10H2,1H3/b4-3+. The van der Waals surface area contributed by atoms with Gasteiger partial charge in [-0.05, 0) is 25.7 Å². The van der Waals surface area contributed by atoms with Crippen LogP contribution in [0.1, 0.15) is 32.6 Å². The van der Waals surface area contributed by atoms with Crippen molar-refractivity contribution in [2.45, 2.75) is 38.7 Å². The summed E-state index contributed by atoms with van der Waals surface area (Å²) >= 11 is 0. The summed E-state index contributed by atoms with van der Waals surface area (Å²) in [6.07, 6.45) is 7.94. The van der Waals surface area contributed by atoms with Crippen molar-refractivity contribution in [1.82, 2.24) is 0 Å². The Bertz CT molecular complexity index is 134. The zero-order chi connectivity index (χ0) is 10.6. The first-order valence-corrected chi connectivity index (χ1v) is 5.33. The van der Waals surface area contributed by atoms with Crippen molar-refractivity contribution in [2.75, 3.05) is 19.8 Å². The van der Waals surface area contributed by atoms with Gasteiger partial charge in [-0.1, -0.05) is 19.1 Å². The number of allylic oxidation sites excluding steroid dienone is 2. The largest absolute Gasteiger partial charge is 0.394 e. The summed E-state index contributed by atoms with van der Waals surface area (Å²) in [4.78, 5) is 0. The van der Waals surface area contributed by atoms with Gasteiger partial charge in [0.2, 0.25) is 0 Å². The zero-order valence-corrected chi connectivity index (χ0v) is 8.98. The molecule has 3 nitrogen and oxygen atoms in total. The van der Waals surface area contributed by atoms with Crippen molar-refractivity contribution in [3.63, 3.8) is 0 Å². The lowest BCUT2D eigenvalue weighted by atomic mass is 10.2. The maximum absolute atomic E-state index is 8.94. The average Bonchev–Trinajstić information content (AvgIpc) is 2.21. The van der Waals surface area contributed by atoms with Gasteiger partial charge in [0.05, 0.1) is 13.2 Å². The summed E-state index contributed by atoms with van der Waals surface area (Å²) in [6.45, 7) is 2.80. The van der Waals surface area contributed by atoms with Gasteiger partial charge in [0.15, 0.2) is 0 Å². The second-order valence-electron chi connectivity index (χ2n) is 3.29. The van der Waals surface area contributed by atoms with Crippen LogP contribution < -0.4 is 0 Å². The molecule has 1 atom stereocenters. The first-order valence-electron chi connectivity index (χ1n) is 5.33. The highest BCUT2D eigenvalue weighted by Gasteiger charge is 1.99. The van der Waals surface area contributed by atoms with E-state index < -0.39 is 6.10 Å². The Kier molecular flexibility index (Phi) is 10.4. The predicted molar refractivity (Wildman–Crippen MR) is 57.2 cm³/mol. The minimum atomic E-state index is -0.727. The summed E-state index contributed by atoms with van der Waals surface area (Å²) < 4.78 is 5.16. The first kappa shape index (κ1) is 13.6. The highest BCUT2D eigenvalue weighted by atomic mass is 16.5. The fraction of sp³-hybridized carbons (Fsp3) is 0.818. The number of rotatable bonds is 9. The maximum Gasteiger partial charge on any atom is 0.100 e. The molecule has 0 amide bonds. The Morgan fingerprint density at radius 1 is 1.29 bits per heavy atom. The van der Waals surface area contributed by atoms with Crippen LogP contribution in [0, 0.1) is 0 Å². The molecule has 0 aliphatic heterocycles. The van der Waals surface area contributed by atoms with E-state index in [4.69, 9.17) is 14.9 Å².